The van der Waals surface area contributed by atoms with E-state index in [0.717, 1.165) is 4.90 Å². The fraction of sp³-hybridized carbons (Fsp3) is 0.579. The van der Waals surface area contributed by atoms with E-state index in [1.165, 1.54) is 18.7 Å². The van der Waals surface area contributed by atoms with Crippen LogP contribution in [-0.2, 0) is 28.5 Å². The quantitative estimate of drug-likeness (QED) is 0.728. The number of nitrogens with one attached hydrogen (secondary N) is 1. The van der Waals surface area contributed by atoms with Crippen LogP contribution in [0.2, 0.25) is 0 Å². The van der Waals surface area contributed by atoms with Crippen LogP contribution in [0.5, 0.6) is 0 Å². The topological polar surface area (TPSA) is 103 Å². The van der Waals surface area contributed by atoms with E-state index in [9.17, 15) is 9.59 Å². The van der Waals surface area contributed by atoms with Crippen molar-refractivity contribution >= 4 is 23.6 Å². The molecule has 5 unspecified atom stereocenters. The molecule has 2 heterocycles. The fourth-order valence-corrected chi connectivity index (χ4v) is 4.46. The Kier molecular flexibility index (Phi) is 6.61. The van der Waals surface area contributed by atoms with Gasteiger partial charge in [0.15, 0.2) is 5.79 Å². The average molecular weight is 411 g/mol. The summed E-state index contributed by atoms with van der Waals surface area (Å²) >= 11 is 1.43. The van der Waals surface area contributed by atoms with E-state index in [0.29, 0.717) is 0 Å². The number of carboxylic acid groups (broad SMARTS) is 1. The highest BCUT2D eigenvalue weighted by Gasteiger charge is 2.52. The zero-order valence-electron chi connectivity index (χ0n) is 16.0. The van der Waals surface area contributed by atoms with E-state index in [2.05, 4.69) is 5.32 Å². The van der Waals surface area contributed by atoms with E-state index in [-0.39, 0.29) is 12.5 Å². The first-order valence-electron chi connectivity index (χ1n) is 9.04. The smallest absolute Gasteiger partial charge is 0.329 e. The van der Waals surface area contributed by atoms with Crippen molar-refractivity contribution in [3.05, 3.63) is 30.3 Å². The molecule has 2 aliphatic rings. The predicted molar refractivity (Wildman–Crippen MR) is 101 cm³/mol. The first-order valence-corrected chi connectivity index (χ1v) is 9.92. The van der Waals surface area contributed by atoms with Gasteiger partial charge >= 0.3 is 5.97 Å². The van der Waals surface area contributed by atoms with E-state index < -0.39 is 48.2 Å². The van der Waals surface area contributed by atoms with Gasteiger partial charge in [-0.05, 0) is 26.0 Å². The number of fused-ring (bicyclic) bond motifs is 1. The zero-order chi connectivity index (χ0) is 20.3. The Balaban J connectivity index is 1.89. The van der Waals surface area contributed by atoms with Crippen LogP contribution in [-0.4, -0.2) is 65.8 Å². The molecule has 2 saturated heterocycles. The number of aliphatic carboxylic acids is 1. The summed E-state index contributed by atoms with van der Waals surface area (Å²) in [6, 6.07) is 9.02. The van der Waals surface area contributed by atoms with Crippen LogP contribution in [0.3, 0.4) is 0 Å². The van der Waals surface area contributed by atoms with Gasteiger partial charge in [-0.2, -0.15) is 0 Å². The number of ether oxygens (including phenoxy) is 4. The number of carbonyl (C=O) groups is 2. The molecule has 0 aliphatic carbocycles. The van der Waals surface area contributed by atoms with Gasteiger partial charge in [0.05, 0.1) is 12.6 Å². The summed E-state index contributed by atoms with van der Waals surface area (Å²) in [5.74, 6) is -2.22. The maximum absolute atomic E-state index is 11.9. The highest BCUT2D eigenvalue weighted by molar-refractivity contribution is 7.99. The van der Waals surface area contributed by atoms with Crippen molar-refractivity contribution in [2.75, 3.05) is 13.2 Å². The van der Waals surface area contributed by atoms with Gasteiger partial charge < -0.3 is 29.4 Å². The number of amides is 1. The third-order valence-electron chi connectivity index (χ3n) is 4.43. The highest BCUT2D eigenvalue weighted by atomic mass is 32.2. The van der Waals surface area contributed by atoms with Crippen LogP contribution in [0.15, 0.2) is 35.2 Å². The first-order chi connectivity index (χ1) is 13.2. The number of thioether (sulfide) groups is 1. The minimum absolute atomic E-state index is 0.263. The van der Waals surface area contributed by atoms with Gasteiger partial charge in [-0.3, -0.25) is 4.79 Å². The van der Waals surface area contributed by atoms with Gasteiger partial charge in [0.25, 0.3) is 0 Å². The molecule has 1 aromatic rings. The van der Waals surface area contributed by atoms with Crippen LogP contribution in [0.25, 0.3) is 0 Å². The fourth-order valence-electron chi connectivity index (χ4n) is 3.31. The first kappa shape index (κ1) is 21.1. The molecule has 2 fully saturated rings. The summed E-state index contributed by atoms with van der Waals surface area (Å²) in [4.78, 5) is 23.9. The molecular formula is C19H25NO7S. The van der Waals surface area contributed by atoms with E-state index in [1.807, 2.05) is 30.3 Å². The number of benzene rings is 1. The largest absolute Gasteiger partial charge is 0.480 e. The van der Waals surface area contributed by atoms with Gasteiger partial charge in [-0.1, -0.05) is 30.0 Å². The van der Waals surface area contributed by atoms with Crippen molar-refractivity contribution in [3.63, 3.8) is 0 Å². The van der Waals surface area contributed by atoms with Crippen LogP contribution in [0.1, 0.15) is 20.8 Å². The number of hydrogen-bond donors (Lipinski definition) is 2. The monoisotopic (exact) mass is 411 g/mol. The molecule has 1 amide bonds. The summed E-state index contributed by atoms with van der Waals surface area (Å²) in [5.41, 5.74) is -0.500. The Morgan fingerprint density at radius 1 is 1.32 bits per heavy atom. The molecule has 9 heteroatoms. The van der Waals surface area contributed by atoms with Crippen molar-refractivity contribution in [2.24, 2.45) is 0 Å². The maximum atomic E-state index is 11.9. The van der Waals surface area contributed by atoms with Crippen molar-refractivity contribution < 1.29 is 33.6 Å². The van der Waals surface area contributed by atoms with Crippen molar-refractivity contribution in [2.45, 2.75) is 61.2 Å². The lowest BCUT2D eigenvalue weighted by atomic mass is 9.96. The standard InChI is InChI=1S/C19H25NO7S/c1-11(21)20-15-17(24-10-14(22)23)16-13(9-25-19(2,3)27-16)26-18(15)28-12-7-5-4-6-8-12/h4-8,13,15-18H,9-10H2,1-3H3,(H,20,21)(H,22,23). The van der Waals surface area contributed by atoms with Gasteiger partial charge in [0.2, 0.25) is 5.91 Å². The molecule has 0 bridgehead atoms. The molecule has 0 aromatic heterocycles. The van der Waals surface area contributed by atoms with Crippen molar-refractivity contribution in [1.82, 2.24) is 5.32 Å². The van der Waals surface area contributed by atoms with E-state index in [1.54, 1.807) is 13.8 Å². The molecule has 28 heavy (non-hydrogen) atoms. The third kappa shape index (κ3) is 5.24. The van der Waals surface area contributed by atoms with Crippen LogP contribution >= 0.6 is 11.8 Å². The summed E-state index contributed by atoms with van der Waals surface area (Å²) in [7, 11) is 0. The Morgan fingerprint density at radius 3 is 2.68 bits per heavy atom. The second kappa shape index (κ2) is 8.79. The molecule has 5 atom stereocenters. The molecule has 0 spiro atoms. The molecule has 3 rings (SSSR count). The molecule has 1 aromatic carbocycles. The molecule has 0 saturated carbocycles. The van der Waals surface area contributed by atoms with Crippen molar-refractivity contribution in [1.29, 1.82) is 0 Å². The van der Waals surface area contributed by atoms with E-state index >= 15 is 0 Å². The summed E-state index contributed by atoms with van der Waals surface area (Å²) in [6.45, 7) is 4.73. The van der Waals surface area contributed by atoms with Gasteiger partial charge in [0, 0.05) is 11.8 Å². The lowest BCUT2D eigenvalue weighted by molar-refractivity contribution is -0.344. The van der Waals surface area contributed by atoms with Crippen molar-refractivity contribution in [3.8, 4) is 0 Å². The minimum atomic E-state index is -1.09. The number of carboxylic acids is 1. The summed E-state index contributed by atoms with van der Waals surface area (Å²) in [6.07, 6.45) is -1.73. The second-order valence-electron chi connectivity index (χ2n) is 7.16. The predicted octanol–water partition coefficient (Wildman–Crippen LogP) is 1.63. The Morgan fingerprint density at radius 2 is 2.04 bits per heavy atom. The molecule has 8 nitrogen and oxygen atoms in total. The molecule has 0 radical (unpaired) electrons. The Labute approximate surface area is 167 Å². The molecule has 2 aliphatic heterocycles. The van der Waals surface area contributed by atoms with Gasteiger partial charge in [0.1, 0.15) is 30.4 Å². The second-order valence-corrected chi connectivity index (χ2v) is 8.33. The molecule has 2 N–H and O–H groups in total. The average Bonchev–Trinajstić information content (AvgIpc) is 2.61. The molecular weight excluding hydrogens is 386 g/mol. The highest BCUT2D eigenvalue weighted by Crippen LogP contribution is 2.39. The third-order valence-corrected chi connectivity index (χ3v) is 5.61. The van der Waals surface area contributed by atoms with Crippen LogP contribution in [0.4, 0.5) is 0 Å². The van der Waals surface area contributed by atoms with Crippen LogP contribution < -0.4 is 5.32 Å². The number of rotatable bonds is 6. The Hall–Kier alpha value is -1.65. The number of hydrogen-bond acceptors (Lipinski definition) is 7. The number of carbonyl (C=O) groups excluding carboxylic acids is 1. The van der Waals surface area contributed by atoms with Crippen LogP contribution in [0, 0.1) is 0 Å². The minimum Gasteiger partial charge on any atom is -0.480 e. The SMILES string of the molecule is CC(=O)NC1C(Sc2ccccc2)OC2COC(C)(C)OC2C1OCC(=O)O. The van der Waals surface area contributed by atoms with E-state index in [4.69, 9.17) is 24.1 Å². The van der Waals surface area contributed by atoms with Gasteiger partial charge in [-0.15, -0.1) is 0 Å². The zero-order valence-corrected chi connectivity index (χ0v) is 16.8. The maximum Gasteiger partial charge on any atom is 0.329 e. The normalized spacial score (nSPS) is 31.6. The summed E-state index contributed by atoms with van der Waals surface area (Å²) < 4.78 is 23.6. The summed E-state index contributed by atoms with van der Waals surface area (Å²) in [5, 5.41) is 12.0. The Bertz CT molecular complexity index is 699. The molecule has 154 valence electrons. The lowest BCUT2D eigenvalue weighted by Gasteiger charge is -2.51. The lowest BCUT2D eigenvalue weighted by Crippen LogP contribution is -2.68. The van der Waals surface area contributed by atoms with Gasteiger partial charge in [-0.25, -0.2) is 4.79 Å².